The molecular weight excluding hydrogens is 394 g/mol. The van der Waals surface area contributed by atoms with E-state index >= 15 is 0 Å². The highest BCUT2D eigenvalue weighted by Crippen LogP contribution is 2.27. The lowest BCUT2D eigenvalue weighted by Gasteiger charge is -2.37. The lowest BCUT2D eigenvalue weighted by Crippen LogP contribution is -2.49. The summed E-state index contributed by atoms with van der Waals surface area (Å²) in [6.07, 6.45) is 0.944. The Hall–Kier alpha value is -3.01. The highest BCUT2D eigenvalue weighted by atomic mass is 16.2. The van der Waals surface area contributed by atoms with Gasteiger partial charge in [-0.15, -0.1) is 0 Å². The molecule has 2 aromatic carbocycles. The van der Waals surface area contributed by atoms with Crippen LogP contribution in [0, 0.1) is 27.7 Å². The molecule has 0 unspecified atom stereocenters. The normalized spacial score (nSPS) is 14.2. The van der Waals surface area contributed by atoms with Crippen LogP contribution in [0.2, 0.25) is 0 Å². The number of anilines is 1. The van der Waals surface area contributed by atoms with Crippen molar-refractivity contribution < 1.29 is 4.79 Å². The van der Waals surface area contributed by atoms with E-state index in [-0.39, 0.29) is 5.91 Å². The molecule has 1 fully saturated rings. The average molecular weight is 430 g/mol. The van der Waals surface area contributed by atoms with Crippen molar-refractivity contribution in [3.63, 3.8) is 0 Å². The molecule has 4 rings (SSSR count). The zero-order valence-electron chi connectivity index (χ0n) is 20.1. The SMILES string of the molecule is CCc1c(C)c(C(=O)N2CCN(c3ccccc3C)CC2)n(Cc2cccc(C)c2)c1C. The van der Waals surface area contributed by atoms with Crippen molar-refractivity contribution in [1.29, 1.82) is 0 Å². The molecule has 3 aromatic rings. The van der Waals surface area contributed by atoms with Gasteiger partial charge in [-0.1, -0.05) is 55.0 Å². The first-order valence-electron chi connectivity index (χ1n) is 11.7. The van der Waals surface area contributed by atoms with Crippen molar-refractivity contribution in [3.8, 4) is 0 Å². The number of rotatable bonds is 5. The first kappa shape index (κ1) is 22.2. The summed E-state index contributed by atoms with van der Waals surface area (Å²) in [4.78, 5) is 18.2. The van der Waals surface area contributed by atoms with Crippen molar-refractivity contribution >= 4 is 11.6 Å². The van der Waals surface area contributed by atoms with Gasteiger partial charge in [-0.2, -0.15) is 0 Å². The Balaban J connectivity index is 1.59. The number of para-hydroxylation sites is 1. The number of hydrogen-bond donors (Lipinski definition) is 0. The number of aromatic nitrogens is 1. The van der Waals surface area contributed by atoms with Gasteiger partial charge in [0.05, 0.1) is 0 Å². The number of piperazine rings is 1. The van der Waals surface area contributed by atoms with E-state index in [0.717, 1.165) is 50.4 Å². The number of benzene rings is 2. The second-order valence-electron chi connectivity index (χ2n) is 9.03. The predicted octanol–water partition coefficient (Wildman–Crippen LogP) is 5.29. The molecule has 1 saturated heterocycles. The average Bonchev–Trinajstić information content (AvgIpc) is 3.02. The molecule has 1 aliphatic rings. The van der Waals surface area contributed by atoms with Crippen LogP contribution >= 0.6 is 0 Å². The minimum absolute atomic E-state index is 0.169. The summed E-state index contributed by atoms with van der Waals surface area (Å²) < 4.78 is 2.25. The lowest BCUT2D eigenvalue weighted by atomic mass is 10.1. The minimum Gasteiger partial charge on any atom is -0.368 e. The summed E-state index contributed by atoms with van der Waals surface area (Å²) in [6.45, 7) is 14.7. The van der Waals surface area contributed by atoms with Crippen LogP contribution in [0.4, 0.5) is 5.69 Å². The standard InChI is InChI=1S/C28H35N3O/c1-6-25-22(4)27(31(23(25)5)19-24-12-9-10-20(2)18-24)28(32)30-16-14-29(15-17-30)26-13-8-7-11-21(26)3/h7-13,18H,6,14-17,19H2,1-5H3. The van der Waals surface area contributed by atoms with E-state index in [2.05, 4.69) is 92.6 Å². The van der Waals surface area contributed by atoms with E-state index in [1.54, 1.807) is 0 Å². The topological polar surface area (TPSA) is 28.5 Å². The summed E-state index contributed by atoms with van der Waals surface area (Å²) >= 11 is 0. The second kappa shape index (κ2) is 9.23. The zero-order chi connectivity index (χ0) is 22.8. The number of amides is 1. The first-order valence-corrected chi connectivity index (χ1v) is 11.7. The van der Waals surface area contributed by atoms with E-state index in [4.69, 9.17) is 0 Å². The van der Waals surface area contributed by atoms with Crippen molar-refractivity contribution in [2.75, 3.05) is 31.1 Å². The lowest BCUT2D eigenvalue weighted by molar-refractivity contribution is 0.0735. The molecule has 0 spiro atoms. The molecule has 168 valence electrons. The molecule has 4 nitrogen and oxygen atoms in total. The fourth-order valence-corrected chi connectivity index (χ4v) is 5.15. The van der Waals surface area contributed by atoms with Crippen LogP contribution in [-0.2, 0) is 13.0 Å². The quantitative estimate of drug-likeness (QED) is 0.551. The van der Waals surface area contributed by atoms with Gasteiger partial charge in [0.15, 0.2) is 0 Å². The van der Waals surface area contributed by atoms with Gasteiger partial charge in [0.25, 0.3) is 5.91 Å². The second-order valence-corrected chi connectivity index (χ2v) is 9.03. The Morgan fingerprint density at radius 1 is 0.906 bits per heavy atom. The Labute approximate surface area is 192 Å². The molecule has 32 heavy (non-hydrogen) atoms. The monoisotopic (exact) mass is 429 g/mol. The van der Waals surface area contributed by atoms with Gasteiger partial charge in [-0.05, 0) is 62.4 Å². The van der Waals surface area contributed by atoms with E-state index in [1.165, 1.54) is 33.6 Å². The van der Waals surface area contributed by atoms with Crippen LogP contribution in [0.25, 0.3) is 0 Å². The zero-order valence-corrected chi connectivity index (χ0v) is 20.1. The molecule has 4 heteroatoms. The van der Waals surface area contributed by atoms with Gasteiger partial charge in [0.1, 0.15) is 5.69 Å². The summed E-state index contributed by atoms with van der Waals surface area (Å²) in [5.41, 5.74) is 9.59. The maximum Gasteiger partial charge on any atom is 0.270 e. The molecule has 1 aromatic heterocycles. The van der Waals surface area contributed by atoms with Gasteiger partial charge in [0, 0.05) is 44.1 Å². The molecule has 0 aliphatic carbocycles. The van der Waals surface area contributed by atoms with Crippen LogP contribution in [-0.4, -0.2) is 41.6 Å². The molecular formula is C28H35N3O. The van der Waals surface area contributed by atoms with Crippen LogP contribution in [0.15, 0.2) is 48.5 Å². The van der Waals surface area contributed by atoms with E-state index in [1.807, 2.05) is 4.90 Å². The van der Waals surface area contributed by atoms with Crippen LogP contribution in [0.5, 0.6) is 0 Å². The number of nitrogens with zero attached hydrogens (tertiary/aromatic N) is 3. The van der Waals surface area contributed by atoms with Crippen molar-refractivity contribution in [2.24, 2.45) is 0 Å². The molecule has 0 N–H and O–H groups in total. The van der Waals surface area contributed by atoms with Crippen LogP contribution < -0.4 is 4.90 Å². The van der Waals surface area contributed by atoms with Gasteiger partial charge in [-0.3, -0.25) is 4.79 Å². The molecule has 0 atom stereocenters. The van der Waals surface area contributed by atoms with Gasteiger partial charge < -0.3 is 14.4 Å². The molecule has 0 saturated carbocycles. The smallest absolute Gasteiger partial charge is 0.270 e. The Morgan fingerprint density at radius 2 is 1.62 bits per heavy atom. The Bertz CT molecular complexity index is 1120. The summed E-state index contributed by atoms with van der Waals surface area (Å²) in [5, 5.41) is 0. The van der Waals surface area contributed by atoms with Gasteiger partial charge in [-0.25, -0.2) is 0 Å². The predicted molar refractivity (Wildman–Crippen MR) is 133 cm³/mol. The largest absolute Gasteiger partial charge is 0.368 e. The number of hydrogen-bond acceptors (Lipinski definition) is 2. The Morgan fingerprint density at radius 3 is 2.28 bits per heavy atom. The summed E-state index contributed by atoms with van der Waals surface area (Å²) in [5.74, 6) is 0.169. The summed E-state index contributed by atoms with van der Waals surface area (Å²) in [6, 6.07) is 17.1. The molecule has 0 bridgehead atoms. The number of carbonyl (C=O) groups excluding carboxylic acids is 1. The molecule has 2 heterocycles. The highest BCUT2D eigenvalue weighted by molar-refractivity contribution is 5.95. The number of aryl methyl sites for hydroxylation is 2. The molecule has 1 amide bonds. The third kappa shape index (κ3) is 4.19. The third-order valence-corrected chi connectivity index (χ3v) is 6.92. The van der Waals surface area contributed by atoms with E-state index in [0.29, 0.717) is 0 Å². The van der Waals surface area contributed by atoms with Crippen molar-refractivity contribution in [1.82, 2.24) is 9.47 Å². The first-order chi connectivity index (χ1) is 15.4. The number of carbonyl (C=O) groups is 1. The van der Waals surface area contributed by atoms with E-state index < -0.39 is 0 Å². The fourth-order valence-electron chi connectivity index (χ4n) is 5.15. The van der Waals surface area contributed by atoms with Gasteiger partial charge >= 0.3 is 0 Å². The fraction of sp³-hybridized carbons (Fsp3) is 0.393. The maximum atomic E-state index is 13.8. The maximum absolute atomic E-state index is 13.8. The highest BCUT2D eigenvalue weighted by Gasteiger charge is 2.28. The Kier molecular flexibility index (Phi) is 6.40. The van der Waals surface area contributed by atoms with Crippen LogP contribution in [0.3, 0.4) is 0 Å². The van der Waals surface area contributed by atoms with Crippen molar-refractivity contribution in [2.45, 2.75) is 47.6 Å². The third-order valence-electron chi connectivity index (χ3n) is 6.92. The molecule has 0 radical (unpaired) electrons. The summed E-state index contributed by atoms with van der Waals surface area (Å²) in [7, 11) is 0. The van der Waals surface area contributed by atoms with Crippen molar-refractivity contribution in [3.05, 3.63) is 87.7 Å². The van der Waals surface area contributed by atoms with Crippen LogP contribution in [0.1, 0.15) is 50.9 Å². The van der Waals surface area contributed by atoms with E-state index in [9.17, 15) is 4.79 Å². The van der Waals surface area contributed by atoms with Gasteiger partial charge in [0.2, 0.25) is 0 Å². The molecule has 1 aliphatic heterocycles. The minimum atomic E-state index is 0.169.